The maximum Gasteiger partial charge on any atom is 0.0544 e. The predicted octanol–water partition coefficient (Wildman–Crippen LogP) is 12.9. The van der Waals surface area contributed by atoms with Gasteiger partial charge >= 0.3 is 0 Å². The lowest BCUT2D eigenvalue weighted by Crippen LogP contribution is -2.15. The van der Waals surface area contributed by atoms with Gasteiger partial charge in [-0.2, -0.15) is 0 Å². The first kappa shape index (κ1) is 28.8. The van der Waals surface area contributed by atoms with Crippen LogP contribution in [0.15, 0.2) is 145 Å². The Morgan fingerprint density at radius 1 is 0.633 bits per heavy atom. The molecule has 0 saturated carbocycles. The van der Waals surface area contributed by atoms with Gasteiger partial charge in [0, 0.05) is 28.3 Å². The summed E-state index contributed by atoms with van der Waals surface area (Å²) in [6, 6.07) is 25.5. The predicted molar refractivity (Wildman–Crippen MR) is 210 cm³/mol. The van der Waals surface area contributed by atoms with Gasteiger partial charge in [0.2, 0.25) is 0 Å². The van der Waals surface area contributed by atoms with Crippen LogP contribution in [0, 0.1) is 11.8 Å². The highest BCUT2D eigenvalue weighted by molar-refractivity contribution is 6.25. The Morgan fingerprint density at radius 2 is 1.51 bits per heavy atom. The number of fused-ring (bicyclic) bond motifs is 8. The minimum absolute atomic E-state index is 0.573. The first-order valence-electron chi connectivity index (χ1n) is 18.4. The van der Waals surface area contributed by atoms with Gasteiger partial charge in [-0.15, -0.1) is 0 Å². The topological polar surface area (TPSA) is 4.93 Å². The van der Waals surface area contributed by atoms with E-state index in [1.165, 1.54) is 95.7 Å². The number of allylic oxidation sites excluding steroid dienone is 15. The van der Waals surface area contributed by atoms with Crippen LogP contribution in [-0.2, 0) is 6.42 Å². The van der Waals surface area contributed by atoms with Crippen LogP contribution < -0.4 is 0 Å². The molecule has 0 amide bonds. The minimum atomic E-state index is 0.573. The van der Waals surface area contributed by atoms with Crippen molar-refractivity contribution in [3.8, 4) is 11.1 Å². The van der Waals surface area contributed by atoms with Crippen molar-refractivity contribution in [2.75, 3.05) is 0 Å². The summed E-state index contributed by atoms with van der Waals surface area (Å²) in [5.41, 5.74) is 13.7. The smallest absolute Gasteiger partial charge is 0.0544 e. The summed E-state index contributed by atoms with van der Waals surface area (Å²) >= 11 is 0. The molecule has 0 saturated heterocycles. The van der Waals surface area contributed by atoms with E-state index in [1.54, 1.807) is 0 Å². The second-order valence-corrected chi connectivity index (χ2v) is 14.4. The van der Waals surface area contributed by atoms with Crippen LogP contribution in [0.3, 0.4) is 0 Å². The molecule has 2 unspecified atom stereocenters. The van der Waals surface area contributed by atoms with Gasteiger partial charge in [0.05, 0.1) is 5.52 Å². The Bertz CT molecular complexity index is 2420. The molecule has 1 heterocycles. The van der Waals surface area contributed by atoms with Crippen molar-refractivity contribution in [2.24, 2.45) is 11.8 Å². The van der Waals surface area contributed by atoms with Crippen molar-refractivity contribution < 1.29 is 0 Å². The SMILES string of the molecule is C1=CC(c2ccc(-c3cc4ccc5c(c6c(n5C5=CCCC(C7=CC8CCC=CC8C=C7)=C5)CCC=C6)c4c4ccccc34)cc2)=CCC1. The zero-order valence-corrected chi connectivity index (χ0v) is 28.0. The van der Waals surface area contributed by atoms with E-state index < -0.39 is 0 Å². The Hall–Kier alpha value is -5.14. The van der Waals surface area contributed by atoms with Crippen LogP contribution >= 0.6 is 0 Å². The lowest BCUT2D eigenvalue weighted by atomic mass is 9.77. The molecule has 0 N–H and O–H groups in total. The van der Waals surface area contributed by atoms with Gasteiger partial charge < -0.3 is 4.57 Å². The van der Waals surface area contributed by atoms with Crippen LogP contribution in [-0.4, -0.2) is 4.57 Å². The maximum atomic E-state index is 2.61. The Morgan fingerprint density at radius 3 is 2.41 bits per heavy atom. The zero-order valence-electron chi connectivity index (χ0n) is 28.0. The quantitative estimate of drug-likeness (QED) is 0.137. The van der Waals surface area contributed by atoms with Gasteiger partial charge in [0.15, 0.2) is 0 Å². The summed E-state index contributed by atoms with van der Waals surface area (Å²) in [4.78, 5) is 0. The molecule has 0 radical (unpaired) electrons. The molecule has 1 aromatic heterocycles. The molecule has 0 spiro atoms. The third-order valence-electron chi connectivity index (χ3n) is 11.6. The van der Waals surface area contributed by atoms with E-state index in [4.69, 9.17) is 0 Å². The molecule has 0 bridgehead atoms. The number of nitrogens with zero attached hydrogens (tertiary/aromatic N) is 1. The average molecular weight is 632 g/mol. The van der Waals surface area contributed by atoms with Crippen molar-refractivity contribution in [1.29, 1.82) is 0 Å². The maximum absolute atomic E-state index is 2.61. The fourth-order valence-electron chi connectivity index (χ4n) is 9.17. The highest BCUT2D eigenvalue weighted by atomic mass is 15.0. The first-order chi connectivity index (χ1) is 24.3. The third-order valence-corrected chi connectivity index (χ3v) is 11.6. The van der Waals surface area contributed by atoms with Gasteiger partial charge in [-0.25, -0.2) is 0 Å². The molecule has 1 heteroatoms. The number of hydrogen-bond donors (Lipinski definition) is 0. The molecule has 5 aromatic rings. The normalized spacial score (nSPS) is 21.4. The number of aromatic nitrogens is 1. The Kier molecular flexibility index (Phi) is 6.93. The van der Waals surface area contributed by atoms with E-state index >= 15 is 0 Å². The number of hydrogen-bond acceptors (Lipinski definition) is 0. The second-order valence-electron chi connectivity index (χ2n) is 14.4. The van der Waals surface area contributed by atoms with E-state index in [2.05, 4.69) is 144 Å². The van der Waals surface area contributed by atoms with E-state index in [-0.39, 0.29) is 0 Å². The monoisotopic (exact) mass is 631 g/mol. The average Bonchev–Trinajstić information content (AvgIpc) is 3.52. The fraction of sp³-hybridized carbons (Fsp3) is 0.208. The van der Waals surface area contributed by atoms with Gasteiger partial charge in [-0.3, -0.25) is 0 Å². The van der Waals surface area contributed by atoms with Crippen LogP contribution in [0.4, 0.5) is 0 Å². The van der Waals surface area contributed by atoms with E-state index in [0.717, 1.165) is 38.5 Å². The highest BCUT2D eigenvalue weighted by Gasteiger charge is 2.26. The number of benzene rings is 4. The van der Waals surface area contributed by atoms with Crippen molar-refractivity contribution in [3.05, 3.63) is 162 Å². The largest absolute Gasteiger partial charge is 0.313 e. The summed E-state index contributed by atoms with van der Waals surface area (Å²) in [6.45, 7) is 0. The van der Waals surface area contributed by atoms with Crippen molar-refractivity contribution >= 4 is 49.8 Å². The molecule has 0 aliphatic heterocycles. The molecular weight excluding hydrogens is 591 g/mol. The summed E-state index contributed by atoms with van der Waals surface area (Å²) in [6.07, 6.45) is 37.9. The van der Waals surface area contributed by atoms with Crippen LogP contribution in [0.1, 0.15) is 61.8 Å². The molecule has 5 aliphatic carbocycles. The minimum Gasteiger partial charge on any atom is -0.313 e. The van der Waals surface area contributed by atoms with Gasteiger partial charge in [0.1, 0.15) is 0 Å². The van der Waals surface area contributed by atoms with E-state index in [0.29, 0.717) is 11.8 Å². The third kappa shape index (κ3) is 4.82. The summed E-state index contributed by atoms with van der Waals surface area (Å²) in [5.74, 6) is 1.21. The summed E-state index contributed by atoms with van der Waals surface area (Å²) in [7, 11) is 0. The van der Waals surface area contributed by atoms with Crippen LogP contribution in [0.5, 0.6) is 0 Å². The standard InChI is InChI=1S/C48H41N/c1-2-11-32(12-3-1)34-21-24-35(25-22-34)44-31-39-27-28-46-48(47(39)42-18-7-6-17-41(42)44)43-19-8-9-20-45(43)49(46)40-16-10-15-37(30-40)38-26-23-33-13-4-5-14-36(33)29-38/h2,4,6-8,11-13,16-19,21-31,33,36H,1,3,5,9-10,14-15,20H2. The van der Waals surface area contributed by atoms with Gasteiger partial charge in [0.25, 0.3) is 0 Å². The molecule has 238 valence electrons. The van der Waals surface area contributed by atoms with Crippen molar-refractivity contribution in [1.82, 2.24) is 4.57 Å². The Balaban J connectivity index is 1.13. The molecule has 0 fully saturated rings. The molecule has 2 atom stereocenters. The van der Waals surface area contributed by atoms with Gasteiger partial charge in [-0.1, -0.05) is 121 Å². The van der Waals surface area contributed by atoms with Crippen LogP contribution in [0.2, 0.25) is 0 Å². The van der Waals surface area contributed by atoms with E-state index in [9.17, 15) is 0 Å². The molecule has 1 nitrogen and oxygen atoms in total. The molecule has 5 aliphatic rings. The lowest BCUT2D eigenvalue weighted by Gasteiger charge is -2.28. The number of rotatable bonds is 4. The Labute approximate surface area is 289 Å². The second kappa shape index (κ2) is 11.8. The lowest BCUT2D eigenvalue weighted by molar-refractivity contribution is 0.489. The molecule has 4 aromatic carbocycles. The zero-order chi connectivity index (χ0) is 32.3. The summed E-state index contributed by atoms with van der Waals surface area (Å²) in [5, 5.41) is 6.74. The molecular formula is C48H41N. The summed E-state index contributed by atoms with van der Waals surface area (Å²) < 4.78 is 2.61. The fourth-order valence-corrected chi connectivity index (χ4v) is 9.17. The molecule has 10 rings (SSSR count). The van der Waals surface area contributed by atoms with Crippen molar-refractivity contribution in [3.63, 3.8) is 0 Å². The molecule has 49 heavy (non-hydrogen) atoms. The highest BCUT2D eigenvalue weighted by Crippen LogP contribution is 2.45. The van der Waals surface area contributed by atoms with Crippen molar-refractivity contribution in [2.45, 2.75) is 51.4 Å². The van der Waals surface area contributed by atoms with Gasteiger partial charge in [-0.05, 0) is 130 Å². The van der Waals surface area contributed by atoms with Crippen LogP contribution in [0.25, 0.3) is 60.9 Å². The first-order valence-corrected chi connectivity index (χ1v) is 18.4. The van der Waals surface area contributed by atoms with E-state index in [1.807, 2.05) is 0 Å².